The van der Waals surface area contributed by atoms with Gasteiger partial charge in [0, 0.05) is 13.0 Å². The van der Waals surface area contributed by atoms with Gasteiger partial charge in [-0.1, -0.05) is 30.3 Å². The zero-order valence-electron chi connectivity index (χ0n) is 15.1. The molecule has 0 N–H and O–H groups in total. The Morgan fingerprint density at radius 1 is 0.926 bits per heavy atom. The third kappa shape index (κ3) is 4.34. The van der Waals surface area contributed by atoms with Crippen LogP contribution in [0.25, 0.3) is 0 Å². The lowest BCUT2D eigenvalue weighted by Gasteiger charge is -2.13. The van der Waals surface area contributed by atoms with Crippen molar-refractivity contribution in [1.82, 2.24) is 4.90 Å². The van der Waals surface area contributed by atoms with E-state index in [4.69, 9.17) is 9.47 Å². The summed E-state index contributed by atoms with van der Waals surface area (Å²) < 4.78 is 10.7. The quantitative estimate of drug-likeness (QED) is 0.407. The summed E-state index contributed by atoms with van der Waals surface area (Å²) >= 11 is 0. The number of hydrogen-bond acceptors (Lipinski definition) is 5. The summed E-state index contributed by atoms with van der Waals surface area (Å²) in [7, 11) is 0. The van der Waals surface area contributed by atoms with Gasteiger partial charge in [-0.3, -0.25) is 19.3 Å². The molecule has 0 unspecified atom stereocenters. The highest BCUT2D eigenvalue weighted by Gasteiger charge is 2.34. The normalized spacial score (nSPS) is 12.9. The maximum Gasteiger partial charge on any atom is 0.305 e. The summed E-state index contributed by atoms with van der Waals surface area (Å²) in [5.74, 6) is -0.231. The molecule has 140 valence electrons. The summed E-state index contributed by atoms with van der Waals surface area (Å²) in [5.41, 5.74) is 1.85. The number of imide groups is 1. The Labute approximate surface area is 157 Å². The molecule has 0 aromatic heterocycles. The molecule has 1 aliphatic rings. The Kier molecular flexibility index (Phi) is 5.86. The minimum Gasteiger partial charge on any atom is -0.490 e. The number of para-hydroxylation sites is 1. The first-order valence-corrected chi connectivity index (χ1v) is 8.87. The van der Waals surface area contributed by atoms with Gasteiger partial charge in [-0.25, -0.2) is 0 Å². The molecule has 0 bridgehead atoms. The highest BCUT2D eigenvalue weighted by atomic mass is 16.6. The number of rotatable bonds is 8. The number of nitrogens with zero attached hydrogens (tertiary/aromatic N) is 1. The Morgan fingerprint density at radius 2 is 1.56 bits per heavy atom. The second-order valence-electron chi connectivity index (χ2n) is 6.25. The van der Waals surface area contributed by atoms with E-state index in [2.05, 4.69) is 0 Å². The van der Waals surface area contributed by atoms with Crippen molar-refractivity contribution >= 4 is 17.8 Å². The van der Waals surface area contributed by atoms with E-state index in [9.17, 15) is 14.4 Å². The average molecular weight is 367 g/mol. The summed E-state index contributed by atoms with van der Waals surface area (Å²) in [6.45, 7) is 2.57. The summed E-state index contributed by atoms with van der Waals surface area (Å²) in [6, 6.07) is 14.3. The van der Waals surface area contributed by atoms with E-state index in [1.807, 2.05) is 31.2 Å². The lowest BCUT2D eigenvalue weighted by atomic mass is 10.1. The molecule has 2 aromatic rings. The van der Waals surface area contributed by atoms with Crippen LogP contribution in [0.3, 0.4) is 0 Å². The average Bonchev–Trinajstić information content (AvgIpc) is 2.92. The van der Waals surface area contributed by atoms with Gasteiger partial charge >= 0.3 is 5.97 Å². The molecule has 2 amide bonds. The van der Waals surface area contributed by atoms with Crippen molar-refractivity contribution in [3.8, 4) is 5.75 Å². The number of benzene rings is 2. The van der Waals surface area contributed by atoms with Crippen LogP contribution in [0.5, 0.6) is 5.75 Å². The standard InChI is InChI=1S/C21H21NO5/c1-15-7-2-5-10-18(15)26-13-14-27-19(23)11-6-12-22-20(24)16-8-3-4-9-17(16)21(22)25/h2-5,7-10H,6,11-14H2,1H3. The van der Waals surface area contributed by atoms with Gasteiger partial charge in [-0.2, -0.15) is 0 Å². The van der Waals surface area contributed by atoms with Gasteiger partial charge in [-0.15, -0.1) is 0 Å². The predicted molar refractivity (Wildman–Crippen MR) is 98.7 cm³/mol. The molecule has 0 saturated heterocycles. The SMILES string of the molecule is Cc1ccccc1OCCOC(=O)CCCN1C(=O)c2ccccc2C1=O. The molecule has 0 fully saturated rings. The maximum absolute atomic E-state index is 12.2. The molecular formula is C21H21NO5. The van der Waals surface area contributed by atoms with Crippen molar-refractivity contribution in [2.24, 2.45) is 0 Å². The molecule has 6 heteroatoms. The first kappa shape index (κ1) is 18.6. The Bertz CT molecular complexity index is 826. The van der Waals surface area contributed by atoms with Gasteiger partial charge in [-0.05, 0) is 37.1 Å². The van der Waals surface area contributed by atoms with Crippen LogP contribution in [0, 0.1) is 6.92 Å². The number of esters is 1. The van der Waals surface area contributed by atoms with Crippen LogP contribution in [0.4, 0.5) is 0 Å². The van der Waals surface area contributed by atoms with E-state index < -0.39 is 0 Å². The molecule has 1 aliphatic heterocycles. The van der Waals surface area contributed by atoms with Gasteiger partial charge in [0.1, 0.15) is 19.0 Å². The van der Waals surface area contributed by atoms with Gasteiger partial charge in [0.15, 0.2) is 0 Å². The van der Waals surface area contributed by atoms with Gasteiger partial charge < -0.3 is 9.47 Å². The van der Waals surface area contributed by atoms with E-state index >= 15 is 0 Å². The Balaban J connectivity index is 1.36. The second kappa shape index (κ2) is 8.49. The van der Waals surface area contributed by atoms with E-state index in [0.29, 0.717) is 17.5 Å². The highest BCUT2D eigenvalue weighted by molar-refractivity contribution is 6.21. The largest absolute Gasteiger partial charge is 0.490 e. The molecule has 0 spiro atoms. The van der Waals surface area contributed by atoms with Crippen LogP contribution in [-0.2, 0) is 9.53 Å². The number of carbonyl (C=O) groups excluding carboxylic acids is 3. The van der Waals surface area contributed by atoms with Crippen molar-refractivity contribution in [2.45, 2.75) is 19.8 Å². The molecule has 1 heterocycles. The van der Waals surface area contributed by atoms with Crippen LogP contribution in [0.2, 0.25) is 0 Å². The smallest absolute Gasteiger partial charge is 0.305 e. The van der Waals surface area contributed by atoms with Crippen molar-refractivity contribution < 1.29 is 23.9 Å². The number of fused-ring (bicyclic) bond motifs is 1. The monoisotopic (exact) mass is 367 g/mol. The molecular weight excluding hydrogens is 346 g/mol. The summed E-state index contributed by atoms with van der Waals surface area (Å²) in [4.78, 5) is 37.4. The Hall–Kier alpha value is -3.15. The van der Waals surface area contributed by atoms with Crippen LogP contribution >= 0.6 is 0 Å². The fourth-order valence-electron chi connectivity index (χ4n) is 2.92. The minimum absolute atomic E-state index is 0.137. The molecule has 0 aliphatic carbocycles. The molecule has 6 nitrogen and oxygen atoms in total. The molecule has 2 aromatic carbocycles. The fourth-order valence-corrected chi connectivity index (χ4v) is 2.92. The molecule has 0 radical (unpaired) electrons. The zero-order chi connectivity index (χ0) is 19.2. The van der Waals surface area contributed by atoms with Gasteiger partial charge in [0.25, 0.3) is 11.8 Å². The zero-order valence-corrected chi connectivity index (χ0v) is 15.1. The first-order chi connectivity index (χ1) is 13.1. The van der Waals surface area contributed by atoms with Gasteiger partial charge in [0.2, 0.25) is 0 Å². The van der Waals surface area contributed by atoms with Crippen LogP contribution in [0.1, 0.15) is 39.1 Å². The van der Waals surface area contributed by atoms with Crippen molar-refractivity contribution in [2.75, 3.05) is 19.8 Å². The molecule has 3 rings (SSSR count). The highest BCUT2D eigenvalue weighted by Crippen LogP contribution is 2.22. The maximum atomic E-state index is 12.2. The number of ether oxygens (including phenoxy) is 2. The van der Waals surface area contributed by atoms with Crippen LogP contribution in [-0.4, -0.2) is 42.4 Å². The number of carbonyl (C=O) groups is 3. The Morgan fingerprint density at radius 3 is 2.22 bits per heavy atom. The fraction of sp³-hybridized carbons (Fsp3) is 0.286. The topological polar surface area (TPSA) is 72.9 Å². The van der Waals surface area contributed by atoms with Crippen LogP contribution in [0.15, 0.2) is 48.5 Å². The third-order valence-corrected chi connectivity index (χ3v) is 4.34. The van der Waals surface area contributed by atoms with Crippen molar-refractivity contribution in [1.29, 1.82) is 0 Å². The lowest BCUT2D eigenvalue weighted by molar-refractivity contribution is -0.144. The number of aryl methyl sites for hydroxylation is 1. The van der Waals surface area contributed by atoms with E-state index in [1.54, 1.807) is 24.3 Å². The van der Waals surface area contributed by atoms with Gasteiger partial charge in [0.05, 0.1) is 11.1 Å². The molecule has 0 saturated carbocycles. The minimum atomic E-state index is -0.375. The summed E-state index contributed by atoms with van der Waals surface area (Å²) in [6.07, 6.45) is 0.501. The second-order valence-corrected chi connectivity index (χ2v) is 6.25. The molecule has 27 heavy (non-hydrogen) atoms. The summed E-state index contributed by atoms with van der Waals surface area (Å²) in [5, 5.41) is 0. The van der Waals surface area contributed by atoms with E-state index in [0.717, 1.165) is 11.3 Å². The van der Waals surface area contributed by atoms with E-state index in [-0.39, 0.29) is 44.0 Å². The van der Waals surface area contributed by atoms with Crippen molar-refractivity contribution in [3.63, 3.8) is 0 Å². The van der Waals surface area contributed by atoms with E-state index in [1.165, 1.54) is 4.90 Å². The first-order valence-electron chi connectivity index (χ1n) is 8.87. The number of amides is 2. The van der Waals surface area contributed by atoms with Crippen molar-refractivity contribution in [3.05, 3.63) is 65.2 Å². The lowest BCUT2D eigenvalue weighted by Crippen LogP contribution is -2.31. The number of hydrogen-bond donors (Lipinski definition) is 0. The van der Waals surface area contributed by atoms with Crippen LogP contribution < -0.4 is 4.74 Å². The predicted octanol–water partition coefficient (Wildman–Crippen LogP) is 2.99. The third-order valence-electron chi connectivity index (χ3n) is 4.34. The molecule has 0 atom stereocenters.